The van der Waals surface area contributed by atoms with Gasteiger partial charge in [-0.25, -0.2) is 4.98 Å². The van der Waals surface area contributed by atoms with Crippen molar-refractivity contribution in [3.63, 3.8) is 0 Å². The van der Waals surface area contributed by atoms with Crippen LogP contribution in [0.3, 0.4) is 0 Å². The van der Waals surface area contributed by atoms with E-state index in [2.05, 4.69) is 155 Å². The summed E-state index contributed by atoms with van der Waals surface area (Å²) in [6.45, 7) is 0. The van der Waals surface area contributed by atoms with E-state index in [1.807, 2.05) is 42.5 Å². The molecule has 0 unspecified atom stereocenters. The number of furan rings is 1. The fraction of sp³-hybridized carbons (Fsp3) is 0. The molecule has 0 radical (unpaired) electrons. The van der Waals surface area contributed by atoms with Crippen molar-refractivity contribution in [2.24, 2.45) is 0 Å². The topological polar surface area (TPSA) is 61.7 Å². The Kier molecular flexibility index (Phi) is 6.83. The lowest BCUT2D eigenvalue weighted by molar-refractivity contribution is 0.669. The van der Waals surface area contributed by atoms with Crippen LogP contribution in [0.1, 0.15) is 0 Å². The maximum Gasteiger partial charge on any atom is 0.238 e. The van der Waals surface area contributed by atoms with Crippen molar-refractivity contribution in [3.8, 4) is 45.5 Å². The third-order valence-corrected chi connectivity index (χ3v) is 11.2. The molecule has 6 nitrogen and oxygen atoms in total. The number of nitrogens with zero attached hydrogens (tertiary/aromatic N) is 5. The van der Waals surface area contributed by atoms with Crippen molar-refractivity contribution in [3.05, 3.63) is 188 Å². The number of fused-ring (bicyclic) bond motifs is 10. The fourth-order valence-corrected chi connectivity index (χ4v) is 8.69. The fourth-order valence-electron chi connectivity index (χ4n) is 8.69. The average Bonchev–Trinajstić information content (AvgIpc) is 3.94. The van der Waals surface area contributed by atoms with Gasteiger partial charge in [0.2, 0.25) is 5.95 Å². The Bertz CT molecular complexity index is 3510. The molecule has 0 amide bonds. The number of hydrogen-bond donors (Lipinski definition) is 0. The van der Waals surface area contributed by atoms with Gasteiger partial charge in [-0.1, -0.05) is 140 Å². The first-order valence-corrected chi connectivity index (χ1v) is 19.1. The zero-order chi connectivity index (χ0) is 37.5. The van der Waals surface area contributed by atoms with Crippen LogP contribution in [0.25, 0.3) is 111 Å². The van der Waals surface area contributed by atoms with Crippen molar-refractivity contribution in [2.75, 3.05) is 0 Å². The summed E-state index contributed by atoms with van der Waals surface area (Å²) in [7, 11) is 0. The summed E-state index contributed by atoms with van der Waals surface area (Å²) in [6.07, 6.45) is 0. The van der Waals surface area contributed by atoms with Gasteiger partial charge in [0.25, 0.3) is 0 Å². The lowest BCUT2D eigenvalue weighted by Crippen LogP contribution is -2.07. The van der Waals surface area contributed by atoms with Gasteiger partial charge in [0.05, 0.1) is 22.1 Å². The molecule has 0 aliphatic heterocycles. The van der Waals surface area contributed by atoms with Gasteiger partial charge >= 0.3 is 0 Å². The van der Waals surface area contributed by atoms with E-state index in [0.29, 0.717) is 17.6 Å². The predicted molar refractivity (Wildman–Crippen MR) is 232 cm³/mol. The van der Waals surface area contributed by atoms with Crippen LogP contribution >= 0.6 is 0 Å². The van der Waals surface area contributed by atoms with Crippen molar-refractivity contribution in [1.82, 2.24) is 24.1 Å². The van der Waals surface area contributed by atoms with Crippen LogP contribution in [0.2, 0.25) is 0 Å². The first-order chi connectivity index (χ1) is 28.3. The quantitative estimate of drug-likeness (QED) is 0.177. The van der Waals surface area contributed by atoms with Crippen molar-refractivity contribution in [1.29, 1.82) is 0 Å². The molecule has 6 heteroatoms. The molecule has 0 saturated heterocycles. The highest BCUT2D eigenvalue weighted by Crippen LogP contribution is 2.46. The molecule has 0 aliphatic carbocycles. The molecule has 57 heavy (non-hydrogen) atoms. The molecule has 0 fully saturated rings. The standard InChI is InChI=1S/C51H31N5O/c1-4-16-32(17-5-1)40-31-43-46(38-23-10-13-25-41(38)55(43)35-20-8-3-9-21-35)47-39-24-11-14-26-42(39)56(48(40)47)51-53-49(33-18-6-2-7-19-33)52-50(54-51)34-28-29-37-36-22-12-15-27-44(36)57-45(37)30-34/h1-31H. The number of aromatic nitrogens is 5. The third-order valence-electron chi connectivity index (χ3n) is 11.2. The van der Waals surface area contributed by atoms with Crippen molar-refractivity contribution in [2.45, 2.75) is 0 Å². The molecule has 0 saturated carbocycles. The van der Waals surface area contributed by atoms with Gasteiger partial charge in [-0.2, -0.15) is 9.97 Å². The Morgan fingerprint density at radius 2 is 0.930 bits per heavy atom. The van der Waals surface area contributed by atoms with Crippen LogP contribution < -0.4 is 0 Å². The molecule has 0 aliphatic rings. The van der Waals surface area contributed by atoms with E-state index in [9.17, 15) is 0 Å². The lowest BCUT2D eigenvalue weighted by Gasteiger charge is -2.14. The largest absolute Gasteiger partial charge is 0.456 e. The Balaban J connectivity index is 1.23. The number of hydrogen-bond acceptors (Lipinski definition) is 4. The normalized spacial score (nSPS) is 11.9. The minimum absolute atomic E-state index is 0.540. The van der Waals surface area contributed by atoms with Gasteiger partial charge in [-0.15, -0.1) is 0 Å². The molecule has 0 atom stereocenters. The second kappa shape index (κ2) is 12.3. The Morgan fingerprint density at radius 3 is 1.67 bits per heavy atom. The molecule has 4 heterocycles. The van der Waals surface area contributed by atoms with Gasteiger partial charge in [0, 0.05) is 54.7 Å². The summed E-state index contributed by atoms with van der Waals surface area (Å²) in [5, 5.41) is 6.79. The van der Waals surface area contributed by atoms with Crippen LogP contribution in [0.5, 0.6) is 0 Å². The van der Waals surface area contributed by atoms with Gasteiger partial charge in [0.15, 0.2) is 11.6 Å². The summed E-state index contributed by atoms with van der Waals surface area (Å²) in [5.41, 5.74) is 11.0. The molecule has 8 aromatic carbocycles. The van der Waals surface area contributed by atoms with Crippen molar-refractivity contribution >= 4 is 65.6 Å². The number of benzene rings is 8. The van der Waals surface area contributed by atoms with E-state index in [1.165, 1.54) is 10.8 Å². The summed E-state index contributed by atoms with van der Waals surface area (Å²) in [5.74, 6) is 1.70. The highest BCUT2D eigenvalue weighted by molar-refractivity contribution is 6.31. The van der Waals surface area contributed by atoms with E-state index in [0.717, 1.165) is 82.7 Å². The van der Waals surface area contributed by atoms with Crippen LogP contribution in [0.15, 0.2) is 192 Å². The SMILES string of the molecule is c1ccc(-c2nc(-c3ccc4c(c3)oc3ccccc34)nc(-n3c4ccccc4c4c5c6ccccc6n(-c6ccccc6)c5cc(-c5ccccc5)c43)n2)cc1. The minimum atomic E-state index is 0.540. The molecule has 12 rings (SSSR count). The molecule has 0 spiro atoms. The molecule has 0 bridgehead atoms. The van der Waals surface area contributed by atoms with Crippen LogP contribution in [-0.2, 0) is 0 Å². The van der Waals surface area contributed by atoms with Crippen molar-refractivity contribution < 1.29 is 4.42 Å². The van der Waals surface area contributed by atoms with Gasteiger partial charge < -0.3 is 8.98 Å². The second-order valence-corrected chi connectivity index (χ2v) is 14.4. The Labute approximate surface area is 326 Å². The predicted octanol–water partition coefficient (Wildman–Crippen LogP) is 13.0. The summed E-state index contributed by atoms with van der Waals surface area (Å²) < 4.78 is 11.0. The number of rotatable bonds is 5. The Hall–Kier alpha value is -7.83. The Morgan fingerprint density at radius 1 is 0.368 bits per heavy atom. The van der Waals surface area contributed by atoms with Gasteiger partial charge in [-0.3, -0.25) is 4.57 Å². The molecular weight excluding hydrogens is 699 g/mol. The van der Waals surface area contributed by atoms with Gasteiger partial charge in [-0.05, 0) is 54.1 Å². The zero-order valence-corrected chi connectivity index (χ0v) is 30.5. The van der Waals surface area contributed by atoms with E-state index >= 15 is 0 Å². The monoisotopic (exact) mass is 729 g/mol. The lowest BCUT2D eigenvalue weighted by atomic mass is 9.98. The number of para-hydroxylation sites is 4. The summed E-state index contributed by atoms with van der Waals surface area (Å²) in [4.78, 5) is 15.8. The highest BCUT2D eigenvalue weighted by atomic mass is 16.3. The molecule has 266 valence electrons. The maximum absolute atomic E-state index is 6.34. The second-order valence-electron chi connectivity index (χ2n) is 14.4. The van der Waals surface area contributed by atoms with E-state index in [4.69, 9.17) is 19.4 Å². The first kappa shape index (κ1) is 31.5. The highest BCUT2D eigenvalue weighted by Gasteiger charge is 2.26. The molecular formula is C51H31N5O. The first-order valence-electron chi connectivity index (χ1n) is 19.1. The maximum atomic E-state index is 6.34. The van der Waals surface area contributed by atoms with Crippen LogP contribution in [0, 0.1) is 0 Å². The summed E-state index contributed by atoms with van der Waals surface area (Å²) >= 11 is 0. The third kappa shape index (κ3) is 4.81. The van der Waals surface area contributed by atoms with E-state index in [1.54, 1.807) is 0 Å². The van der Waals surface area contributed by atoms with E-state index < -0.39 is 0 Å². The van der Waals surface area contributed by atoms with E-state index in [-0.39, 0.29) is 0 Å². The summed E-state index contributed by atoms with van der Waals surface area (Å²) in [6, 6.07) is 65.5. The molecule has 12 aromatic rings. The molecule has 4 aromatic heterocycles. The minimum Gasteiger partial charge on any atom is -0.456 e. The van der Waals surface area contributed by atoms with Crippen LogP contribution in [0.4, 0.5) is 0 Å². The molecule has 0 N–H and O–H groups in total. The smallest absolute Gasteiger partial charge is 0.238 e. The zero-order valence-electron chi connectivity index (χ0n) is 30.5. The average molecular weight is 730 g/mol. The van der Waals surface area contributed by atoms with Gasteiger partial charge in [0.1, 0.15) is 11.2 Å². The van der Waals surface area contributed by atoms with Crippen LogP contribution in [-0.4, -0.2) is 24.1 Å².